The quantitative estimate of drug-likeness (QED) is 0.929. The highest BCUT2D eigenvalue weighted by atomic mass is 32.1. The lowest BCUT2D eigenvalue weighted by Crippen LogP contribution is -2.37. The molecule has 0 spiro atoms. The van der Waals surface area contributed by atoms with Crippen LogP contribution < -0.4 is 5.32 Å². The fraction of sp³-hybridized carbons (Fsp3) is 0.500. The number of likely N-dealkylation sites (N-methyl/N-ethyl adjacent to an activating group) is 1. The van der Waals surface area contributed by atoms with Crippen LogP contribution in [0.25, 0.3) is 0 Å². The average Bonchev–Trinajstić information content (AvgIpc) is 3.07. The number of nitrogens with zero attached hydrogens (tertiary/aromatic N) is 4. The van der Waals surface area contributed by atoms with Crippen LogP contribution in [-0.4, -0.2) is 45.7 Å². The molecule has 3 heterocycles. The molecule has 1 aliphatic rings. The molecule has 3 rings (SSSR count). The summed E-state index contributed by atoms with van der Waals surface area (Å²) < 4.78 is 2.08. The van der Waals surface area contributed by atoms with Crippen LogP contribution in [0.5, 0.6) is 0 Å². The van der Waals surface area contributed by atoms with Crippen molar-refractivity contribution in [3.05, 3.63) is 34.0 Å². The molecule has 21 heavy (non-hydrogen) atoms. The standard InChI is InChI=1S/C14H19N5OS/c1-10-17-13(9-21-10)14(20)15-5-3-11-7-18(2)8-12-4-6-16-19(11)12/h4,6,9,11H,3,5,7-8H2,1-2H3,(H,15,20)/t11-/m1/s1. The molecule has 1 N–H and O–H groups in total. The third-order valence-corrected chi connectivity index (χ3v) is 4.44. The normalized spacial score (nSPS) is 18.5. The Balaban J connectivity index is 1.55. The van der Waals surface area contributed by atoms with Crippen LogP contribution in [0.15, 0.2) is 17.6 Å². The van der Waals surface area contributed by atoms with Gasteiger partial charge in [0.1, 0.15) is 5.69 Å². The van der Waals surface area contributed by atoms with Crippen LogP contribution in [0.4, 0.5) is 0 Å². The second-order valence-electron chi connectivity index (χ2n) is 5.41. The summed E-state index contributed by atoms with van der Waals surface area (Å²) in [6, 6.07) is 2.37. The molecule has 0 bridgehead atoms. The van der Waals surface area contributed by atoms with Gasteiger partial charge in [0.05, 0.1) is 16.7 Å². The van der Waals surface area contributed by atoms with Crippen molar-refractivity contribution in [2.45, 2.75) is 25.9 Å². The number of fused-ring (bicyclic) bond motifs is 1. The van der Waals surface area contributed by atoms with Gasteiger partial charge in [-0.15, -0.1) is 11.3 Å². The van der Waals surface area contributed by atoms with Crippen LogP contribution in [0.2, 0.25) is 0 Å². The number of nitrogens with one attached hydrogen (secondary N) is 1. The summed E-state index contributed by atoms with van der Waals surface area (Å²) in [6.07, 6.45) is 2.71. The van der Waals surface area contributed by atoms with E-state index < -0.39 is 0 Å². The largest absolute Gasteiger partial charge is 0.351 e. The number of rotatable bonds is 4. The highest BCUT2D eigenvalue weighted by Gasteiger charge is 2.23. The minimum atomic E-state index is -0.0933. The van der Waals surface area contributed by atoms with E-state index in [2.05, 4.69) is 38.1 Å². The summed E-state index contributed by atoms with van der Waals surface area (Å²) in [5.74, 6) is -0.0933. The Morgan fingerprint density at radius 2 is 2.43 bits per heavy atom. The van der Waals surface area contributed by atoms with Gasteiger partial charge in [-0.3, -0.25) is 14.4 Å². The zero-order valence-electron chi connectivity index (χ0n) is 12.2. The maximum atomic E-state index is 12.0. The summed E-state index contributed by atoms with van der Waals surface area (Å²) in [7, 11) is 2.11. The fourth-order valence-electron chi connectivity index (χ4n) is 2.70. The summed E-state index contributed by atoms with van der Waals surface area (Å²) in [5.41, 5.74) is 1.74. The predicted molar refractivity (Wildman–Crippen MR) is 81.4 cm³/mol. The molecule has 7 heteroatoms. The smallest absolute Gasteiger partial charge is 0.270 e. The second-order valence-corrected chi connectivity index (χ2v) is 6.48. The van der Waals surface area contributed by atoms with Gasteiger partial charge in [0.15, 0.2) is 0 Å². The van der Waals surface area contributed by atoms with Gasteiger partial charge in [-0.25, -0.2) is 4.98 Å². The van der Waals surface area contributed by atoms with Crippen molar-refractivity contribution in [2.24, 2.45) is 0 Å². The SMILES string of the molecule is Cc1nc(C(=O)NCC[C@@H]2CN(C)Cc3ccnn32)cs1. The van der Waals surface area contributed by atoms with Crippen molar-refractivity contribution in [2.75, 3.05) is 20.1 Å². The van der Waals surface area contributed by atoms with Crippen LogP contribution in [0, 0.1) is 6.92 Å². The van der Waals surface area contributed by atoms with E-state index in [1.807, 2.05) is 13.1 Å². The molecule has 0 saturated heterocycles. The van der Waals surface area contributed by atoms with Crippen LogP contribution >= 0.6 is 11.3 Å². The van der Waals surface area contributed by atoms with E-state index in [1.165, 1.54) is 17.0 Å². The Morgan fingerprint density at radius 3 is 3.19 bits per heavy atom. The first kappa shape index (κ1) is 14.2. The molecule has 0 unspecified atom stereocenters. The van der Waals surface area contributed by atoms with Gasteiger partial charge in [-0.2, -0.15) is 5.10 Å². The Labute approximate surface area is 127 Å². The lowest BCUT2D eigenvalue weighted by Gasteiger charge is -2.31. The zero-order chi connectivity index (χ0) is 14.8. The third kappa shape index (κ3) is 3.14. The summed E-state index contributed by atoms with van der Waals surface area (Å²) in [5, 5.41) is 10.1. The molecule has 0 saturated carbocycles. The summed E-state index contributed by atoms with van der Waals surface area (Å²) >= 11 is 1.49. The van der Waals surface area contributed by atoms with E-state index in [4.69, 9.17) is 0 Å². The van der Waals surface area contributed by atoms with E-state index in [9.17, 15) is 4.79 Å². The number of hydrogen-bond donors (Lipinski definition) is 1. The Kier molecular flexibility index (Phi) is 4.03. The second kappa shape index (κ2) is 5.95. The molecule has 112 valence electrons. The van der Waals surface area contributed by atoms with Gasteiger partial charge >= 0.3 is 0 Å². The van der Waals surface area contributed by atoms with E-state index in [-0.39, 0.29) is 5.91 Å². The van der Waals surface area contributed by atoms with E-state index in [1.54, 1.807) is 5.38 Å². The number of carbonyl (C=O) groups is 1. The van der Waals surface area contributed by atoms with Gasteiger partial charge in [-0.05, 0) is 26.5 Å². The maximum Gasteiger partial charge on any atom is 0.270 e. The summed E-state index contributed by atoms with van der Waals surface area (Å²) in [4.78, 5) is 18.4. The molecule has 0 aromatic carbocycles. The van der Waals surface area contributed by atoms with Gasteiger partial charge in [-0.1, -0.05) is 0 Å². The monoisotopic (exact) mass is 305 g/mol. The van der Waals surface area contributed by atoms with E-state index in [0.717, 1.165) is 24.5 Å². The molecule has 0 fully saturated rings. The minimum absolute atomic E-state index is 0.0933. The van der Waals surface area contributed by atoms with Crippen LogP contribution in [-0.2, 0) is 6.54 Å². The lowest BCUT2D eigenvalue weighted by atomic mass is 10.1. The van der Waals surface area contributed by atoms with Crippen molar-refractivity contribution in [3.8, 4) is 0 Å². The highest BCUT2D eigenvalue weighted by Crippen LogP contribution is 2.21. The van der Waals surface area contributed by atoms with Gasteiger partial charge < -0.3 is 5.32 Å². The Bertz CT molecular complexity index is 635. The van der Waals surface area contributed by atoms with Crippen molar-refractivity contribution in [1.82, 2.24) is 25.0 Å². The number of amides is 1. The molecule has 1 amide bonds. The first-order chi connectivity index (χ1) is 10.1. The third-order valence-electron chi connectivity index (χ3n) is 3.67. The number of hydrogen-bond acceptors (Lipinski definition) is 5. The van der Waals surface area contributed by atoms with Crippen molar-refractivity contribution in [3.63, 3.8) is 0 Å². The lowest BCUT2D eigenvalue weighted by molar-refractivity contribution is 0.0944. The van der Waals surface area contributed by atoms with E-state index >= 15 is 0 Å². The van der Waals surface area contributed by atoms with Crippen molar-refractivity contribution < 1.29 is 4.79 Å². The Morgan fingerprint density at radius 1 is 1.57 bits per heavy atom. The van der Waals surface area contributed by atoms with Crippen molar-refractivity contribution in [1.29, 1.82) is 0 Å². The van der Waals surface area contributed by atoms with Crippen molar-refractivity contribution >= 4 is 17.2 Å². The zero-order valence-corrected chi connectivity index (χ0v) is 13.1. The number of aromatic nitrogens is 3. The maximum absolute atomic E-state index is 12.0. The fourth-order valence-corrected chi connectivity index (χ4v) is 3.29. The number of aryl methyl sites for hydroxylation is 1. The summed E-state index contributed by atoms with van der Waals surface area (Å²) in [6.45, 7) is 4.42. The minimum Gasteiger partial charge on any atom is -0.351 e. The highest BCUT2D eigenvalue weighted by molar-refractivity contribution is 7.09. The molecule has 0 radical (unpaired) electrons. The molecule has 2 aromatic heterocycles. The molecule has 0 aliphatic carbocycles. The van der Waals surface area contributed by atoms with Gasteiger partial charge in [0, 0.05) is 31.2 Å². The Hall–Kier alpha value is -1.73. The molecule has 2 aromatic rings. The molecule has 1 atom stereocenters. The van der Waals surface area contributed by atoms with Crippen LogP contribution in [0.1, 0.15) is 33.7 Å². The number of carbonyl (C=O) groups excluding carboxylic acids is 1. The topological polar surface area (TPSA) is 63.1 Å². The first-order valence-corrected chi connectivity index (χ1v) is 7.92. The van der Waals surface area contributed by atoms with E-state index in [0.29, 0.717) is 18.3 Å². The number of thiazole rings is 1. The first-order valence-electron chi connectivity index (χ1n) is 7.05. The molecular weight excluding hydrogens is 286 g/mol. The molecular formula is C14H19N5OS. The van der Waals surface area contributed by atoms with Gasteiger partial charge in [0.2, 0.25) is 0 Å². The van der Waals surface area contributed by atoms with Crippen LogP contribution in [0.3, 0.4) is 0 Å². The van der Waals surface area contributed by atoms with Gasteiger partial charge in [0.25, 0.3) is 5.91 Å². The molecule has 1 aliphatic heterocycles. The average molecular weight is 305 g/mol. The molecule has 6 nitrogen and oxygen atoms in total. The predicted octanol–water partition coefficient (Wildman–Crippen LogP) is 1.45.